The van der Waals surface area contributed by atoms with E-state index >= 15 is 0 Å². The van der Waals surface area contributed by atoms with Gasteiger partial charge in [-0.2, -0.15) is 0 Å². The Morgan fingerprint density at radius 3 is 2.43 bits per heavy atom. The quantitative estimate of drug-likeness (QED) is 0.271. The third kappa shape index (κ3) is 7.85. The molecule has 182 valence electrons. The molecule has 3 rings (SSSR count). The molecule has 0 radical (unpaired) electrons. The molecule has 35 heavy (non-hydrogen) atoms. The second-order valence-electron chi connectivity index (χ2n) is 7.75. The number of benzene rings is 2. The summed E-state index contributed by atoms with van der Waals surface area (Å²) in [6.07, 6.45) is 2.99. The van der Waals surface area contributed by atoms with E-state index in [0.717, 1.165) is 0 Å². The summed E-state index contributed by atoms with van der Waals surface area (Å²) < 4.78 is 6.62. The molecule has 2 N–H and O–H groups in total. The maximum atomic E-state index is 12.7. The highest BCUT2D eigenvalue weighted by Crippen LogP contribution is 2.20. The molecule has 2 amide bonds. The average molecular weight is 542 g/mol. The fraction of sp³-hybridized carbons (Fsp3) is 0.250. The lowest BCUT2D eigenvalue weighted by Crippen LogP contribution is -2.34. The first kappa shape index (κ1) is 25.8. The van der Waals surface area contributed by atoms with Crippen LogP contribution in [0.1, 0.15) is 30.1 Å². The maximum absolute atomic E-state index is 12.7. The van der Waals surface area contributed by atoms with Gasteiger partial charge in [0, 0.05) is 30.7 Å². The molecule has 0 aliphatic carbocycles. The van der Waals surface area contributed by atoms with E-state index < -0.39 is 16.9 Å². The van der Waals surface area contributed by atoms with Crippen molar-refractivity contribution in [3.05, 3.63) is 87.1 Å². The Bertz CT molecular complexity index is 1160. The molecule has 10 nitrogen and oxygen atoms in total. The standard InChI is InChI=1S/C24H24BrN5O5/c1-16(11-12-26-23(32)19-9-5-6-10-20(19)30(33)34)21(35-24-27-14-17(25)15-28-24)13-22(31)29-18-7-3-2-4-8-18/h2-10,14-16,21H,11-13H2,1H3,(H,26,32)(H,29,31). The summed E-state index contributed by atoms with van der Waals surface area (Å²) in [7, 11) is 0. The Morgan fingerprint density at radius 1 is 1.09 bits per heavy atom. The van der Waals surface area contributed by atoms with Gasteiger partial charge >= 0.3 is 6.01 Å². The van der Waals surface area contributed by atoms with Gasteiger partial charge in [-0.05, 0) is 46.5 Å². The van der Waals surface area contributed by atoms with Gasteiger partial charge in [-0.1, -0.05) is 37.3 Å². The molecule has 2 aromatic carbocycles. The van der Waals surface area contributed by atoms with Crippen LogP contribution in [0.3, 0.4) is 0 Å². The number of nitrogens with one attached hydrogen (secondary N) is 2. The predicted molar refractivity (Wildman–Crippen MR) is 133 cm³/mol. The molecule has 0 saturated heterocycles. The van der Waals surface area contributed by atoms with Crippen molar-refractivity contribution in [3.63, 3.8) is 0 Å². The molecule has 0 aliphatic rings. The molecule has 0 aliphatic heterocycles. The Kier molecular flexibility index (Phi) is 9.24. The SMILES string of the molecule is CC(CCNC(=O)c1ccccc1[N+](=O)[O-])C(CC(=O)Nc1ccccc1)Oc1ncc(Br)cn1. The van der Waals surface area contributed by atoms with Crippen LogP contribution in [-0.2, 0) is 4.79 Å². The number of carbonyl (C=O) groups excluding carboxylic acids is 2. The summed E-state index contributed by atoms with van der Waals surface area (Å²) >= 11 is 3.27. The maximum Gasteiger partial charge on any atom is 0.316 e. The van der Waals surface area contributed by atoms with E-state index in [9.17, 15) is 19.7 Å². The minimum absolute atomic E-state index is 0.0107. The monoisotopic (exact) mass is 541 g/mol. The number of nitrogens with zero attached hydrogens (tertiary/aromatic N) is 3. The van der Waals surface area contributed by atoms with E-state index in [1.807, 2.05) is 25.1 Å². The summed E-state index contributed by atoms with van der Waals surface area (Å²) in [6.45, 7) is 2.11. The van der Waals surface area contributed by atoms with Crippen molar-refractivity contribution >= 4 is 39.1 Å². The predicted octanol–water partition coefficient (Wildman–Crippen LogP) is 4.38. The third-order valence-electron chi connectivity index (χ3n) is 5.16. The van der Waals surface area contributed by atoms with Crippen LogP contribution in [0, 0.1) is 16.0 Å². The molecule has 0 saturated carbocycles. The number of aromatic nitrogens is 2. The zero-order valence-corrected chi connectivity index (χ0v) is 20.5. The van der Waals surface area contributed by atoms with Crippen LogP contribution in [0.4, 0.5) is 11.4 Å². The van der Waals surface area contributed by atoms with Crippen LogP contribution >= 0.6 is 15.9 Å². The van der Waals surface area contributed by atoms with E-state index in [2.05, 4.69) is 36.5 Å². The van der Waals surface area contributed by atoms with Crippen molar-refractivity contribution in [2.45, 2.75) is 25.9 Å². The van der Waals surface area contributed by atoms with Gasteiger partial charge in [0.1, 0.15) is 11.7 Å². The van der Waals surface area contributed by atoms with Gasteiger partial charge < -0.3 is 15.4 Å². The lowest BCUT2D eigenvalue weighted by Gasteiger charge is -2.24. The lowest BCUT2D eigenvalue weighted by molar-refractivity contribution is -0.385. The number of halogens is 1. The fourth-order valence-electron chi connectivity index (χ4n) is 3.29. The molecule has 3 aromatic rings. The highest BCUT2D eigenvalue weighted by atomic mass is 79.9. The number of carbonyl (C=O) groups is 2. The van der Waals surface area contributed by atoms with Crippen molar-refractivity contribution in [1.29, 1.82) is 0 Å². The summed E-state index contributed by atoms with van der Waals surface area (Å²) in [4.78, 5) is 44.0. The van der Waals surface area contributed by atoms with E-state index in [-0.39, 0.29) is 42.1 Å². The number of nitro groups is 1. The summed E-state index contributed by atoms with van der Waals surface area (Å²) in [6, 6.07) is 15.0. The first-order valence-electron chi connectivity index (χ1n) is 10.8. The minimum Gasteiger partial charge on any atom is -0.459 e. The average Bonchev–Trinajstić information content (AvgIpc) is 2.85. The number of rotatable bonds is 11. The topological polar surface area (TPSA) is 136 Å². The Hall–Kier alpha value is -3.86. The minimum atomic E-state index is -0.592. The highest BCUT2D eigenvalue weighted by Gasteiger charge is 2.25. The largest absolute Gasteiger partial charge is 0.459 e. The first-order chi connectivity index (χ1) is 16.8. The molecule has 2 unspecified atom stereocenters. The zero-order chi connectivity index (χ0) is 25.2. The number of ether oxygens (including phenoxy) is 1. The van der Waals surface area contributed by atoms with Gasteiger partial charge in [-0.3, -0.25) is 19.7 Å². The molecule has 0 spiro atoms. The molecular formula is C24H24BrN5O5. The van der Waals surface area contributed by atoms with Gasteiger partial charge in [0.25, 0.3) is 11.6 Å². The smallest absolute Gasteiger partial charge is 0.316 e. The van der Waals surface area contributed by atoms with Crippen LogP contribution < -0.4 is 15.4 Å². The molecular weight excluding hydrogens is 518 g/mol. The van der Waals surface area contributed by atoms with E-state index in [0.29, 0.717) is 16.6 Å². The van der Waals surface area contributed by atoms with Crippen LogP contribution in [0.15, 0.2) is 71.5 Å². The molecule has 1 aromatic heterocycles. The Balaban J connectivity index is 1.63. The molecule has 0 fully saturated rings. The molecule has 11 heteroatoms. The van der Waals surface area contributed by atoms with Crippen molar-refractivity contribution in [2.75, 3.05) is 11.9 Å². The molecule has 2 atom stereocenters. The van der Waals surface area contributed by atoms with Gasteiger partial charge in [-0.25, -0.2) is 9.97 Å². The fourth-order valence-corrected chi connectivity index (χ4v) is 3.50. The number of anilines is 1. The number of hydrogen-bond donors (Lipinski definition) is 2. The van der Waals surface area contributed by atoms with Crippen molar-refractivity contribution < 1.29 is 19.2 Å². The normalized spacial score (nSPS) is 12.3. The van der Waals surface area contributed by atoms with Crippen LogP contribution in [0.5, 0.6) is 6.01 Å². The number of nitro benzene ring substituents is 1. The molecule has 0 bridgehead atoms. The summed E-state index contributed by atoms with van der Waals surface area (Å²) in [5.41, 5.74) is 0.396. The van der Waals surface area contributed by atoms with Gasteiger partial charge in [0.2, 0.25) is 5.91 Å². The number of amides is 2. The van der Waals surface area contributed by atoms with Gasteiger partial charge in [-0.15, -0.1) is 0 Å². The second kappa shape index (κ2) is 12.6. The highest BCUT2D eigenvalue weighted by molar-refractivity contribution is 9.10. The lowest BCUT2D eigenvalue weighted by atomic mass is 9.97. The third-order valence-corrected chi connectivity index (χ3v) is 5.57. The second-order valence-corrected chi connectivity index (χ2v) is 8.67. The van der Waals surface area contributed by atoms with Crippen LogP contribution in [0.25, 0.3) is 0 Å². The first-order valence-corrected chi connectivity index (χ1v) is 11.6. The number of para-hydroxylation sites is 2. The van der Waals surface area contributed by atoms with Crippen LogP contribution in [-0.4, -0.2) is 39.4 Å². The Morgan fingerprint density at radius 2 is 1.74 bits per heavy atom. The van der Waals surface area contributed by atoms with E-state index in [1.54, 1.807) is 30.6 Å². The zero-order valence-electron chi connectivity index (χ0n) is 18.9. The van der Waals surface area contributed by atoms with E-state index in [1.165, 1.54) is 18.2 Å². The number of hydrogen-bond acceptors (Lipinski definition) is 7. The summed E-state index contributed by atoms with van der Waals surface area (Å²) in [5.74, 6) is -0.969. The summed E-state index contributed by atoms with van der Waals surface area (Å²) in [5, 5.41) is 16.7. The molecule has 1 heterocycles. The van der Waals surface area contributed by atoms with Crippen molar-refractivity contribution in [2.24, 2.45) is 5.92 Å². The van der Waals surface area contributed by atoms with Gasteiger partial charge in [0.05, 0.1) is 15.8 Å². The van der Waals surface area contributed by atoms with E-state index in [4.69, 9.17) is 4.74 Å². The van der Waals surface area contributed by atoms with Crippen LogP contribution in [0.2, 0.25) is 0 Å². The van der Waals surface area contributed by atoms with Crippen molar-refractivity contribution in [1.82, 2.24) is 15.3 Å². The van der Waals surface area contributed by atoms with Gasteiger partial charge in [0.15, 0.2) is 0 Å². The van der Waals surface area contributed by atoms with Crippen molar-refractivity contribution in [3.8, 4) is 6.01 Å². The Labute approximate surface area is 210 Å².